The van der Waals surface area contributed by atoms with Crippen molar-refractivity contribution in [2.24, 2.45) is 5.92 Å². The number of amides is 2. The molecule has 1 aliphatic carbocycles. The van der Waals surface area contributed by atoms with Crippen LogP contribution in [0.2, 0.25) is 0 Å². The highest BCUT2D eigenvalue weighted by atomic mass is 32.1. The number of aromatic nitrogens is 2. The van der Waals surface area contributed by atoms with E-state index in [4.69, 9.17) is 4.74 Å². The number of hydrogen-bond acceptors (Lipinski definition) is 6. The Balaban J connectivity index is 1.50. The van der Waals surface area contributed by atoms with E-state index in [1.165, 1.54) is 29.6 Å². The Hall–Kier alpha value is -3.20. The summed E-state index contributed by atoms with van der Waals surface area (Å²) in [5.74, 6) is 0.497. The number of thiazole rings is 1. The topological polar surface area (TPSA) is 105 Å². The van der Waals surface area contributed by atoms with Gasteiger partial charge in [0, 0.05) is 18.7 Å². The van der Waals surface area contributed by atoms with Crippen LogP contribution in [-0.2, 0) is 4.79 Å². The summed E-state index contributed by atoms with van der Waals surface area (Å²) in [6, 6.07) is 7.46. The van der Waals surface area contributed by atoms with Gasteiger partial charge in [0.2, 0.25) is 11.8 Å². The molecule has 8 nitrogen and oxygen atoms in total. The van der Waals surface area contributed by atoms with Crippen LogP contribution < -0.4 is 15.0 Å². The average Bonchev–Trinajstić information content (AvgIpc) is 3.19. The minimum Gasteiger partial charge on any atom is -0.474 e. The summed E-state index contributed by atoms with van der Waals surface area (Å²) >= 11 is 1.40. The second-order valence-electron chi connectivity index (χ2n) is 8.36. The van der Waals surface area contributed by atoms with Gasteiger partial charge in [-0.15, -0.1) is 0 Å². The third kappa shape index (κ3) is 3.88. The predicted octanol–water partition coefficient (Wildman–Crippen LogP) is 5.14. The maximum atomic E-state index is 12.3. The first-order chi connectivity index (χ1) is 15.5. The Kier molecular flexibility index (Phi) is 5.42. The lowest BCUT2D eigenvalue weighted by Gasteiger charge is -2.40. The molecule has 32 heavy (non-hydrogen) atoms. The van der Waals surface area contributed by atoms with Crippen molar-refractivity contribution in [3.63, 3.8) is 0 Å². The van der Waals surface area contributed by atoms with Crippen LogP contribution in [-0.4, -0.2) is 39.7 Å². The van der Waals surface area contributed by atoms with Crippen molar-refractivity contribution >= 4 is 44.4 Å². The SMILES string of the molecule is CC(=O)Nc1nc2ccc(-c3cnc4c(c3)N(C(=O)O)C(C3CCCCC3)CO4)cc2s1. The average molecular weight is 453 g/mol. The minimum absolute atomic E-state index is 0.163. The number of pyridine rings is 1. The highest BCUT2D eigenvalue weighted by molar-refractivity contribution is 7.22. The number of hydrogen-bond donors (Lipinski definition) is 2. The second-order valence-corrected chi connectivity index (χ2v) is 9.39. The van der Waals surface area contributed by atoms with Gasteiger partial charge in [-0.05, 0) is 42.5 Å². The van der Waals surface area contributed by atoms with Gasteiger partial charge in [-0.25, -0.2) is 14.8 Å². The molecule has 166 valence electrons. The maximum Gasteiger partial charge on any atom is 0.412 e. The van der Waals surface area contributed by atoms with Gasteiger partial charge in [-0.3, -0.25) is 9.69 Å². The number of nitrogens with zero attached hydrogens (tertiary/aromatic N) is 3. The molecule has 0 saturated heterocycles. The number of carboxylic acid groups (broad SMARTS) is 1. The molecule has 2 aliphatic rings. The van der Waals surface area contributed by atoms with Crippen molar-refractivity contribution in [2.75, 3.05) is 16.8 Å². The zero-order chi connectivity index (χ0) is 22.2. The van der Waals surface area contributed by atoms with Crippen LogP contribution in [0.5, 0.6) is 5.88 Å². The summed E-state index contributed by atoms with van der Waals surface area (Å²) in [4.78, 5) is 33.9. The summed E-state index contributed by atoms with van der Waals surface area (Å²) in [7, 11) is 0. The first-order valence-corrected chi connectivity index (χ1v) is 11.6. The summed E-state index contributed by atoms with van der Waals surface area (Å²) in [6.07, 6.45) is 6.27. The molecule has 1 unspecified atom stereocenters. The Morgan fingerprint density at radius 1 is 1.19 bits per heavy atom. The fraction of sp³-hybridized carbons (Fsp3) is 0.391. The van der Waals surface area contributed by atoms with Crippen LogP contribution in [0.1, 0.15) is 39.0 Å². The fourth-order valence-corrected chi connectivity index (χ4v) is 5.67. The van der Waals surface area contributed by atoms with Crippen LogP contribution in [0.4, 0.5) is 15.6 Å². The van der Waals surface area contributed by atoms with E-state index in [1.54, 1.807) is 6.20 Å². The van der Waals surface area contributed by atoms with Crippen molar-refractivity contribution in [3.05, 3.63) is 30.5 Å². The van der Waals surface area contributed by atoms with E-state index >= 15 is 0 Å². The molecule has 0 bridgehead atoms. The number of carbonyl (C=O) groups is 2. The Morgan fingerprint density at radius 2 is 2.00 bits per heavy atom. The predicted molar refractivity (Wildman–Crippen MR) is 124 cm³/mol. The van der Waals surface area contributed by atoms with Crippen LogP contribution in [0.15, 0.2) is 30.5 Å². The first-order valence-electron chi connectivity index (χ1n) is 10.8. The zero-order valence-electron chi connectivity index (χ0n) is 17.7. The Morgan fingerprint density at radius 3 is 2.75 bits per heavy atom. The minimum atomic E-state index is -0.970. The van der Waals surface area contributed by atoms with E-state index < -0.39 is 6.09 Å². The van der Waals surface area contributed by atoms with Crippen LogP contribution in [0, 0.1) is 5.92 Å². The molecule has 5 rings (SSSR count). The summed E-state index contributed by atoms with van der Waals surface area (Å²) in [5.41, 5.74) is 3.00. The quantitative estimate of drug-likeness (QED) is 0.570. The fourth-order valence-electron chi connectivity index (χ4n) is 4.72. The van der Waals surface area contributed by atoms with Gasteiger partial charge in [0.05, 0.1) is 16.3 Å². The van der Waals surface area contributed by atoms with E-state index in [0.29, 0.717) is 29.2 Å². The van der Waals surface area contributed by atoms with E-state index in [0.717, 1.165) is 47.0 Å². The lowest BCUT2D eigenvalue weighted by Crippen LogP contribution is -2.50. The molecule has 3 aromatic rings. The number of carbonyl (C=O) groups excluding carboxylic acids is 1. The maximum absolute atomic E-state index is 12.3. The standard InChI is InChI=1S/C23H24N4O4S/c1-13(28)25-22-26-17-8-7-15(10-20(17)32-22)16-9-18-21(24-11-16)31-12-19(27(18)23(29)30)14-5-3-2-4-6-14/h7-11,14,19H,2-6,12H2,1H3,(H,29,30)(H,25,26,28). The lowest BCUT2D eigenvalue weighted by molar-refractivity contribution is -0.114. The number of anilines is 2. The van der Waals surface area contributed by atoms with Gasteiger partial charge < -0.3 is 15.2 Å². The van der Waals surface area contributed by atoms with Crippen molar-refractivity contribution in [1.29, 1.82) is 0 Å². The molecule has 0 radical (unpaired) electrons. The molecule has 1 fully saturated rings. The smallest absolute Gasteiger partial charge is 0.412 e. The van der Waals surface area contributed by atoms with Crippen LogP contribution in [0.25, 0.3) is 21.3 Å². The number of nitrogens with one attached hydrogen (secondary N) is 1. The monoisotopic (exact) mass is 452 g/mol. The molecule has 1 saturated carbocycles. The molecule has 3 heterocycles. The molecular weight excluding hydrogens is 428 g/mol. The molecule has 1 atom stereocenters. The summed E-state index contributed by atoms with van der Waals surface area (Å²) in [5, 5.41) is 13.3. The molecule has 2 aromatic heterocycles. The van der Waals surface area contributed by atoms with Gasteiger partial charge in [0.1, 0.15) is 12.3 Å². The van der Waals surface area contributed by atoms with Gasteiger partial charge in [-0.2, -0.15) is 0 Å². The molecule has 2 amide bonds. The van der Waals surface area contributed by atoms with Crippen LogP contribution >= 0.6 is 11.3 Å². The van der Waals surface area contributed by atoms with E-state index in [1.807, 2.05) is 24.3 Å². The van der Waals surface area contributed by atoms with Gasteiger partial charge in [0.25, 0.3) is 0 Å². The Labute approximate surface area is 189 Å². The van der Waals surface area contributed by atoms with Gasteiger partial charge in [-0.1, -0.05) is 36.7 Å². The van der Waals surface area contributed by atoms with Crippen molar-refractivity contribution in [2.45, 2.75) is 45.1 Å². The highest BCUT2D eigenvalue weighted by Crippen LogP contribution is 2.40. The molecule has 1 aromatic carbocycles. The third-order valence-electron chi connectivity index (χ3n) is 6.22. The Bertz CT molecular complexity index is 1190. The largest absolute Gasteiger partial charge is 0.474 e. The molecule has 1 aliphatic heterocycles. The molecule has 9 heteroatoms. The number of rotatable bonds is 3. The molecular formula is C23H24N4O4S. The van der Waals surface area contributed by atoms with E-state index in [9.17, 15) is 14.7 Å². The van der Waals surface area contributed by atoms with Crippen molar-refractivity contribution in [1.82, 2.24) is 9.97 Å². The van der Waals surface area contributed by atoms with E-state index in [2.05, 4.69) is 15.3 Å². The van der Waals surface area contributed by atoms with Crippen LogP contribution in [0.3, 0.4) is 0 Å². The van der Waals surface area contributed by atoms with Crippen molar-refractivity contribution < 1.29 is 19.4 Å². The highest BCUT2D eigenvalue weighted by Gasteiger charge is 2.38. The molecule has 0 spiro atoms. The second kappa shape index (κ2) is 8.38. The van der Waals surface area contributed by atoms with E-state index in [-0.39, 0.29) is 11.9 Å². The van der Waals surface area contributed by atoms with Gasteiger partial charge >= 0.3 is 6.09 Å². The zero-order valence-corrected chi connectivity index (χ0v) is 18.5. The summed E-state index contributed by atoms with van der Waals surface area (Å²) in [6.45, 7) is 1.79. The third-order valence-corrected chi connectivity index (χ3v) is 7.15. The first kappa shape index (κ1) is 20.7. The normalized spacial score (nSPS) is 18.8. The lowest BCUT2D eigenvalue weighted by atomic mass is 9.83. The summed E-state index contributed by atoms with van der Waals surface area (Å²) < 4.78 is 6.83. The van der Waals surface area contributed by atoms with Crippen molar-refractivity contribution in [3.8, 4) is 17.0 Å². The number of benzene rings is 1. The van der Waals surface area contributed by atoms with Gasteiger partial charge in [0.15, 0.2) is 5.13 Å². The number of fused-ring (bicyclic) bond motifs is 2. The number of ether oxygens (including phenoxy) is 1. The molecule has 2 N–H and O–H groups in total.